The van der Waals surface area contributed by atoms with E-state index in [0.29, 0.717) is 0 Å². The normalized spacial score (nSPS) is 14.9. The molecule has 2 aromatic rings. The Bertz CT molecular complexity index is 626. The zero-order valence-electron chi connectivity index (χ0n) is 10.3. The predicted molar refractivity (Wildman–Crippen MR) is 62.1 cm³/mol. The standard InChI is InChI=1S/C13H10F4N2O/c1-12(20,8-4-9(14)6-19-5-8)11-7-18-3-2-10(11)13(15,16)17/h2-7,20H,1H3. The first kappa shape index (κ1) is 14.4. The van der Waals surface area contributed by atoms with Gasteiger partial charge in [0.25, 0.3) is 0 Å². The Kier molecular flexibility index (Phi) is 3.47. The van der Waals surface area contributed by atoms with E-state index >= 15 is 0 Å². The molecule has 0 aliphatic heterocycles. The summed E-state index contributed by atoms with van der Waals surface area (Å²) < 4.78 is 52.0. The molecule has 0 aliphatic rings. The lowest BCUT2D eigenvalue weighted by Gasteiger charge is -2.26. The molecule has 7 heteroatoms. The number of alkyl halides is 3. The van der Waals surface area contributed by atoms with Crippen LogP contribution in [0.3, 0.4) is 0 Å². The van der Waals surface area contributed by atoms with Crippen molar-refractivity contribution >= 4 is 0 Å². The van der Waals surface area contributed by atoms with Crippen LogP contribution in [-0.4, -0.2) is 15.1 Å². The second-order valence-corrected chi connectivity index (χ2v) is 4.38. The summed E-state index contributed by atoms with van der Waals surface area (Å²) in [5.41, 5.74) is -3.63. The number of pyridine rings is 2. The Morgan fingerprint density at radius 2 is 1.75 bits per heavy atom. The SMILES string of the molecule is CC(O)(c1cncc(F)c1)c1cnccc1C(F)(F)F. The number of hydrogen-bond acceptors (Lipinski definition) is 3. The number of aliphatic hydroxyl groups is 1. The van der Waals surface area contributed by atoms with Gasteiger partial charge in [0.05, 0.1) is 11.8 Å². The highest BCUT2D eigenvalue weighted by Gasteiger charge is 2.39. The zero-order chi connectivity index (χ0) is 15.0. The fraction of sp³-hybridized carbons (Fsp3) is 0.231. The van der Waals surface area contributed by atoms with Crippen molar-refractivity contribution in [1.82, 2.24) is 9.97 Å². The minimum atomic E-state index is -4.65. The van der Waals surface area contributed by atoms with Crippen molar-refractivity contribution in [3.8, 4) is 0 Å². The fourth-order valence-electron chi connectivity index (χ4n) is 1.86. The maximum absolute atomic E-state index is 13.1. The van der Waals surface area contributed by atoms with Crippen LogP contribution in [-0.2, 0) is 11.8 Å². The highest BCUT2D eigenvalue weighted by molar-refractivity contribution is 5.39. The lowest BCUT2D eigenvalue weighted by Crippen LogP contribution is -2.27. The van der Waals surface area contributed by atoms with E-state index in [1.807, 2.05) is 0 Å². The van der Waals surface area contributed by atoms with Gasteiger partial charge in [-0.15, -0.1) is 0 Å². The van der Waals surface area contributed by atoms with E-state index in [2.05, 4.69) is 9.97 Å². The summed E-state index contributed by atoms with van der Waals surface area (Å²) >= 11 is 0. The molecule has 3 nitrogen and oxygen atoms in total. The molecule has 0 saturated heterocycles. The Morgan fingerprint density at radius 3 is 2.35 bits per heavy atom. The molecular formula is C13H10F4N2O. The summed E-state index contributed by atoms with van der Waals surface area (Å²) in [7, 11) is 0. The average Bonchev–Trinajstić information content (AvgIpc) is 2.38. The quantitative estimate of drug-likeness (QED) is 0.863. The van der Waals surface area contributed by atoms with Crippen molar-refractivity contribution in [3.05, 3.63) is 59.4 Å². The third-order valence-corrected chi connectivity index (χ3v) is 2.92. The molecule has 2 aromatic heterocycles. The minimum Gasteiger partial charge on any atom is -0.381 e. The van der Waals surface area contributed by atoms with Crippen molar-refractivity contribution in [3.63, 3.8) is 0 Å². The van der Waals surface area contributed by atoms with Crippen LogP contribution in [0, 0.1) is 5.82 Å². The van der Waals surface area contributed by atoms with Crippen molar-refractivity contribution in [2.45, 2.75) is 18.7 Å². The van der Waals surface area contributed by atoms with E-state index in [0.717, 1.165) is 43.8 Å². The first-order valence-corrected chi connectivity index (χ1v) is 5.58. The molecule has 2 heterocycles. The minimum absolute atomic E-state index is 0.0870. The van der Waals surface area contributed by atoms with Gasteiger partial charge < -0.3 is 5.11 Å². The maximum Gasteiger partial charge on any atom is 0.416 e. The molecule has 0 bridgehead atoms. The van der Waals surface area contributed by atoms with E-state index in [1.54, 1.807) is 0 Å². The first-order valence-electron chi connectivity index (χ1n) is 5.58. The molecule has 0 fully saturated rings. The number of hydrogen-bond donors (Lipinski definition) is 1. The number of rotatable bonds is 2. The van der Waals surface area contributed by atoms with E-state index in [9.17, 15) is 22.7 Å². The second-order valence-electron chi connectivity index (χ2n) is 4.38. The zero-order valence-corrected chi connectivity index (χ0v) is 10.3. The van der Waals surface area contributed by atoms with E-state index in [-0.39, 0.29) is 5.56 Å². The molecule has 0 radical (unpaired) electrons. The van der Waals surface area contributed by atoms with Gasteiger partial charge in [-0.2, -0.15) is 13.2 Å². The molecule has 20 heavy (non-hydrogen) atoms. The molecule has 0 aromatic carbocycles. The monoisotopic (exact) mass is 286 g/mol. The average molecular weight is 286 g/mol. The van der Waals surface area contributed by atoms with Crippen LogP contribution in [0.1, 0.15) is 23.6 Å². The number of halogens is 4. The van der Waals surface area contributed by atoms with Crippen molar-refractivity contribution in [2.24, 2.45) is 0 Å². The Morgan fingerprint density at radius 1 is 1.05 bits per heavy atom. The van der Waals surface area contributed by atoms with Gasteiger partial charge in [-0.1, -0.05) is 0 Å². The molecule has 0 spiro atoms. The molecule has 0 aliphatic carbocycles. The predicted octanol–water partition coefficient (Wildman–Crippen LogP) is 2.89. The third-order valence-electron chi connectivity index (χ3n) is 2.92. The Labute approximate surface area is 111 Å². The van der Waals surface area contributed by atoms with Gasteiger partial charge in [-0.05, 0) is 19.1 Å². The molecule has 1 N–H and O–H groups in total. The molecular weight excluding hydrogens is 276 g/mol. The van der Waals surface area contributed by atoms with Gasteiger partial charge in [0.1, 0.15) is 11.4 Å². The smallest absolute Gasteiger partial charge is 0.381 e. The highest BCUT2D eigenvalue weighted by Crippen LogP contribution is 2.38. The maximum atomic E-state index is 13.1. The van der Waals surface area contributed by atoms with E-state index in [1.165, 1.54) is 0 Å². The molecule has 106 valence electrons. The van der Waals surface area contributed by atoms with Crippen LogP contribution in [0.5, 0.6) is 0 Å². The van der Waals surface area contributed by atoms with Crippen LogP contribution in [0.15, 0.2) is 36.9 Å². The van der Waals surface area contributed by atoms with E-state index in [4.69, 9.17) is 0 Å². The fourth-order valence-corrected chi connectivity index (χ4v) is 1.86. The van der Waals surface area contributed by atoms with Crippen molar-refractivity contribution in [2.75, 3.05) is 0 Å². The van der Waals surface area contributed by atoms with Gasteiger partial charge in [0.15, 0.2) is 0 Å². The van der Waals surface area contributed by atoms with Crippen LogP contribution >= 0.6 is 0 Å². The summed E-state index contributed by atoms with van der Waals surface area (Å²) in [6.07, 6.45) is -0.757. The van der Waals surface area contributed by atoms with Crippen LogP contribution in [0.25, 0.3) is 0 Å². The third kappa shape index (κ3) is 2.62. The van der Waals surface area contributed by atoms with Gasteiger partial charge in [-0.25, -0.2) is 4.39 Å². The Balaban J connectivity index is 2.61. The number of nitrogens with zero attached hydrogens (tertiary/aromatic N) is 2. The molecule has 1 unspecified atom stereocenters. The highest BCUT2D eigenvalue weighted by atomic mass is 19.4. The van der Waals surface area contributed by atoms with Crippen LogP contribution in [0.2, 0.25) is 0 Å². The van der Waals surface area contributed by atoms with Gasteiger partial charge >= 0.3 is 6.18 Å². The molecule has 1 atom stereocenters. The lowest BCUT2D eigenvalue weighted by atomic mass is 9.87. The molecule has 2 rings (SSSR count). The lowest BCUT2D eigenvalue weighted by molar-refractivity contribution is -0.140. The van der Waals surface area contributed by atoms with Crippen molar-refractivity contribution < 1.29 is 22.7 Å². The summed E-state index contributed by atoms with van der Waals surface area (Å²) in [4.78, 5) is 7.13. The first-order chi connectivity index (χ1) is 9.23. The Hall–Kier alpha value is -2.02. The molecule has 0 saturated carbocycles. The largest absolute Gasteiger partial charge is 0.416 e. The summed E-state index contributed by atoms with van der Waals surface area (Å²) in [6.45, 7) is 1.13. The van der Waals surface area contributed by atoms with Gasteiger partial charge in [-0.3, -0.25) is 9.97 Å². The summed E-state index contributed by atoms with van der Waals surface area (Å²) in [5.74, 6) is -0.750. The topological polar surface area (TPSA) is 46.0 Å². The van der Waals surface area contributed by atoms with Crippen molar-refractivity contribution in [1.29, 1.82) is 0 Å². The van der Waals surface area contributed by atoms with Gasteiger partial charge in [0.2, 0.25) is 0 Å². The van der Waals surface area contributed by atoms with Crippen LogP contribution in [0.4, 0.5) is 17.6 Å². The second kappa shape index (κ2) is 4.82. The molecule has 0 amide bonds. The number of aromatic nitrogens is 2. The summed E-state index contributed by atoms with van der Waals surface area (Å²) in [6, 6.07) is 1.69. The van der Waals surface area contributed by atoms with Crippen LogP contribution < -0.4 is 0 Å². The summed E-state index contributed by atoms with van der Waals surface area (Å²) in [5, 5.41) is 10.4. The van der Waals surface area contributed by atoms with E-state index < -0.39 is 28.7 Å². The van der Waals surface area contributed by atoms with Gasteiger partial charge in [0, 0.05) is 29.7 Å².